The molecule has 0 saturated carbocycles. The zero-order valence-electron chi connectivity index (χ0n) is 17.8. The third-order valence-electron chi connectivity index (χ3n) is 5.24. The first-order chi connectivity index (χ1) is 14.7. The summed E-state index contributed by atoms with van der Waals surface area (Å²) >= 11 is 0. The van der Waals surface area contributed by atoms with Crippen molar-refractivity contribution in [1.82, 2.24) is 15.1 Å². The summed E-state index contributed by atoms with van der Waals surface area (Å²) in [5.74, 6) is 1.40. The quantitative estimate of drug-likeness (QED) is 0.690. The maximum Gasteiger partial charge on any atom is 0.234 e. The van der Waals surface area contributed by atoms with Gasteiger partial charge in [0.25, 0.3) is 0 Å². The molecule has 0 atom stereocenters. The molecule has 2 aromatic rings. The summed E-state index contributed by atoms with van der Waals surface area (Å²) in [6.45, 7) is 5.61. The van der Waals surface area contributed by atoms with Gasteiger partial charge in [-0.05, 0) is 23.3 Å². The van der Waals surface area contributed by atoms with Crippen molar-refractivity contribution in [2.24, 2.45) is 0 Å². The minimum absolute atomic E-state index is 0.0437. The Hall–Kier alpha value is -2.83. The molecule has 0 bridgehead atoms. The molecule has 1 aliphatic heterocycles. The number of carbonyl (C=O) groups excluding carboxylic acids is 1. The van der Waals surface area contributed by atoms with Gasteiger partial charge in [0, 0.05) is 39.3 Å². The Kier molecular flexibility index (Phi) is 8.30. The van der Waals surface area contributed by atoms with Crippen molar-refractivity contribution in [1.29, 1.82) is 0 Å². The molecule has 0 aliphatic carbocycles. The Morgan fingerprint density at radius 1 is 0.967 bits per heavy atom. The minimum Gasteiger partial charge on any atom is -0.493 e. The van der Waals surface area contributed by atoms with Gasteiger partial charge >= 0.3 is 0 Å². The number of nitrogens with zero attached hydrogens (tertiary/aromatic N) is 2. The van der Waals surface area contributed by atoms with Gasteiger partial charge in [-0.2, -0.15) is 0 Å². The van der Waals surface area contributed by atoms with Crippen molar-refractivity contribution >= 4 is 12.0 Å². The van der Waals surface area contributed by atoms with E-state index in [9.17, 15) is 4.79 Å². The van der Waals surface area contributed by atoms with Crippen LogP contribution in [0.2, 0.25) is 0 Å². The summed E-state index contributed by atoms with van der Waals surface area (Å²) in [6.07, 6.45) is 4.37. The molecule has 6 heteroatoms. The van der Waals surface area contributed by atoms with Gasteiger partial charge in [0.05, 0.1) is 20.8 Å². The van der Waals surface area contributed by atoms with Crippen molar-refractivity contribution in [2.75, 3.05) is 53.5 Å². The third kappa shape index (κ3) is 6.61. The van der Waals surface area contributed by atoms with Crippen LogP contribution in [0.5, 0.6) is 11.5 Å². The lowest BCUT2D eigenvalue weighted by Crippen LogP contribution is -2.49. The van der Waals surface area contributed by atoms with Crippen LogP contribution in [0.3, 0.4) is 0 Å². The highest BCUT2D eigenvalue weighted by Crippen LogP contribution is 2.27. The third-order valence-corrected chi connectivity index (χ3v) is 5.24. The van der Waals surface area contributed by atoms with E-state index in [2.05, 4.69) is 51.5 Å². The molecule has 0 radical (unpaired) electrons. The van der Waals surface area contributed by atoms with Crippen LogP contribution < -0.4 is 14.8 Å². The van der Waals surface area contributed by atoms with Crippen LogP contribution in [0.1, 0.15) is 11.1 Å². The summed E-state index contributed by atoms with van der Waals surface area (Å²) in [5, 5.41) is 3.00. The first kappa shape index (κ1) is 21.9. The van der Waals surface area contributed by atoms with Gasteiger partial charge in [-0.25, -0.2) is 0 Å². The second kappa shape index (κ2) is 11.4. The molecule has 2 aromatic carbocycles. The van der Waals surface area contributed by atoms with Crippen LogP contribution in [0.4, 0.5) is 0 Å². The zero-order chi connectivity index (χ0) is 21.2. The molecule has 1 amide bonds. The van der Waals surface area contributed by atoms with Gasteiger partial charge in [0.2, 0.25) is 5.91 Å². The number of rotatable bonds is 9. The molecule has 1 heterocycles. The average molecular weight is 410 g/mol. The first-order valence-corrected chi connectivity index (χ1v) is 10.3. The normalized spacial score (nSPS) is 15.3. The van der Waals surface area contributed by atoms with Crippen LogP contribution in [0.25, 0.3) is 6.08 Å². The lowest BCUT2D eigenvalue weighted by Gasteiger charge is -2.33. The predicted octanol–water partition coefficient (Wildman–Crippen LogP) is 2.65. The van der Waals surface area contributed by atoms with Crippen molar-refractivity contribution in [3.05, 3.63) is 65.7 Å². The van der Waals surface area contributed by atoms with E-state index in [1.54, 1.807) is 14.2 Å². The van der Waals surface area contributed by atoms with E-state index in [4.69, 9.17) is 9.47 Å². The molecule has 0 spiro atoms. The lowest BCUT2D eigenvalue weighted by atomic mass is 10.2. The van der Waals surface area contributed by atoms with Crippen molar-refractivity contribution in [2.45, 2.75) is 6.54 Å². The van der Waals surface area contributed by atoms with Crippen LogP contribution in [-0.4, -0.2) is 69.2 Å². The smallest absolute Gasteiger partial charge is 0.234 e. The SMILES string of the molecule is COc1ccc(CNC(=O)CN2CCN(C/C=C/c3ccccc3)CC2)cc1OC. The van der Waals surface area contributed by atoms with Crippen LogP contribution in [-0.2, 0) is 11.3 Å². The summed E-state index contributed by atoms with van der Waals surface area (Å²) < 4.78 is 10.6. The Morgan fingerprint density at radius 2 is 1.67 bits per heavy atom. The number of nitrogens with one attached hydrogen (secondary N) is 1. The standard InChI is InChI=1S/C24H31N3O3/c1-29-22-11-10-21(17-23(22)30-2)18-25-24(28)19-27-15-13-26(14-16-27)12-6-9-20-7-4-3-5-8-20/h3-11,17H,12-16,18-19H2,1-2H3,(H,25,28)/b9-6+. The highest BCUT2D eigenvalue weighted by atomic mass is 16.5. The largest absolute Gasteiger partial charge is 0.493 e. The molecular weight excluding hydrogens is 378 g/mol. The summed E-state index contributed by atoms with van der Waals surface area (Å²) in [5.41, 5.74) is 2.21. The fourth-order valence-corrected chi connectivity index (χ4v) is 3.48. The molecule has 30 heavy (non-hydrogen) atoms. The van der Waals surface area contributed by atoms with E-state index >= 15 is 0 Å². The number of hydrogen-bond acceptors (Lipinski definition) is 5. The van der Waals surface area contributed by atoms with Gasteiger partial charge in [-0.15, -0.1) is 0 Å². The summed E-state index contributed by atoms with van der Waals surface area (Å²) in [6, 6.07) is 16.0. The average Bonchev–Trinajstić information content (AvgIpc) is 2.79. The van der Waals surface area contributed by atoms with Crippen LogP contribution in [0.15, 0.2) is 54.6 Å². The second-order valence-electron chi connectivity index (χ2n) is 7.36. The number of piperazine rings is 1. The molecule has 3 rings (SSSR count). The van der Waals surface area contributed by atoms with Gasteiger partial charge < -0.3 is 14.8 Å². The van der Waals surface area contributed by atoms with E-state index in [-0.39, 0.29) is 5.91 Å². The van der Waals surface area contributed by atoms with Gasteiger partial charge in [0.15, 0.2) is 11.5 Å². The topological polar surface area (TPSA) is 54.0 Å². The number of ether oxygens (including phenoxy) is 2. The fraction of sp³-hybridized carbons (Fsp3) is 0.375. The molecule has 1 saturated heterocycles. The van der Waals surface area contributed by atoms with Gasteiger partial charge in [-0.3, -0.25) is 14.6 Å². The molecule has 1 N–H and O–H groups in total. The molecule has 1 fully saturated rings. The summed E-state index contributed by atoms with van der Waals surface area (Å²) in [7, 11) is 3.22. The number of hydrogen-bond donors (Lipinski definition) is 1. The van der Waals surface area contributed by atoms with Crippen molar-refractivity contribution in [3.63, 3.8) is 0 Å². The zero-order valence-corrected chi connectivity index (χ0v) is 17.8. The predicted molar refractivity (Wildman–Crippen MR) is 120 cm³/mol. The van der Waals surface area contributed by atoms with E-state index in [0.29, 0.717) is 24.6 Å². The molecule has 160 valence electrons. The Labute approximate surface area is 179 Å². The monoisotopic (exact) mass is 409 g/mol. The van der Waals surface area contributed by atoms with Crippen molar-refractivity contribution in [3.8, 4) is 11.5 Å². The molecule has 0 aromatic heterocycles. The van der Waals surface area contributed by atoms with Crippen molar-refractivity contribution < 1.29 is 14.3 Å². The Bertz CT molecular complexity index is 831. The fourth-order valence-electron chi connectivity index (χ4n) is 3.48. The number of carbonyl (C=O) groups is 1. The maximum atomic E-state index is 12.3. The second-order valence-corrected chi connectivity index (χ2v) is 7.36. The minimum atomic E-state index is 0.0437. The van der Waals surface area contributed by atoms with Crippen LogP contribution >= 0.6 is 0 Å². The molecule has 1 aliphatic rings. The van der Waals surface area contributed by atoms with Crippen LogP contribution in [0, 0.1) is 0 Å². The number of benzene rings is 2. The van der Waals surface area contributed by atoms with E-state index in [1.807, 2.05) is 24.3 Å². The molecule has 6 nitrogen and oxygen atoms in total. The van der Waals surface area contributed by atoms with Gasteiger partial charge in [0.1, 0.15) is 0 Å². The number of amides is 1. The highest BCUT2D eigenvalue weighted by molar-refractivity contribution is 5.78. The van der Waals surface area contributed by atoms with Gasteiger partial charge in [-0.1, -0.05) is 48.6 Å². The lowest BCUT2D eigenvalue weighted by molar-refractivity contribution is -0.122. The first-order valence-electron chi connectivity index (χ1n) is 10.3. The molecular formula is C24H31N3O3. The maximum absolute atomic E-state index is 12.3. The Morgan fingerprint density at radius 3 is 2.37 bits per heavy atom. The summed E-state index contributed by atoms with van der Waals surface area (Å²) in [4.78, 5) is 17.0. The Balaban J connectivity index is 1.36. The number of methoxy groups -OCH3 is 2. The van der Waals surface area contributed by atoms with E-state index in [0.717, 1.165) is 38.3 Å². The highest BCUT2D eigenvalue weighted by Gasteiger charge is 2.18. The molecule has 0 unspecified atom stereocenters. The van der Waals surface area contributed by atoms with E-state index in [1.165, 1.54) is 5.56 Å². The van der Waals surface area contributed by atoms with E-state index < -0.39 is 0 Å².